The van der Waals surface area contributed by atoms with Gasteiger partial charge in [-0.05, 0) is 24.3 Å². The van der Waals surface area contributed by atoms with Crippen LogP contribution in [0.3, 0.4) is 0 Å². The van der Waals surface area contributed by atoms with Gasteiger partial charge >= 0.3 is 0 Å². The molecule has 0 aromatic heterocycles. The second-order valence-electron chi connectivity index (χ2n) is 4.65. The molecule has 0 saturated carbocycles. The first kappa shape index (κ1) is 13.2. The van der Waals surface area contributed by atoms with E-state index in [0.29, 0.717) is 0 Å². The predicted molar refractivity (Wildman–Crippen MR) is 83.2 cm³/mol. The highest BCUT2D eigenvalue weighted by molar-refractivity contribution is 9.10. The van der Waals surface area contributed by atoms with Gasteiger partial charge in [0.2, 0.25) is 0 Å². The first-order chi connectivity index (χ1) is 9.15. The molecule has 19 heavy (non-hydrogen) atoms. The topological polar surface area (TPSA) is 35.2 Å². The van der Waals surface area contributed by atoms with Crippen molar-refractivity contribution in [3.63, 3.8) is 0 Å². The lowest BCUT2D eigenvalue weighted by Gasteiger charge is -2.31. The summed E-state index contributed by atoms with van der Waals surface area (Å²) in [5.41, 5.74) is 8.49. The predicted octanol–water partition coefficient (Wildman–Crippen LogP) is 4.74. The molecular weight excluding hydrogens is 370 g/mol. The van der Waals surface area contributed by atoms with Crippen LogP contribution in [0.1, 0.15) is 29.7 Å². The van der Waals surface area contributed by atoms with Crippen LogP contribution < -0.4 is 10.5 Å². The van der Waals surface area contributed by atoms with E-state index in [0.717, 1.165) is 32.2 Å². The number of hydrogen-bond acceptors (Lipinski definition) is 2. The lowest BCUT2D eigenvalue weighted by molar-refractivity contribution is 0.161. The summed E-state index contributed by atoms with van der Waals surface area (Å²) < 4.78 is 8.19. The fraction of sp³-hybridized carbons (Fsp3) is 0.200. The second-order valence-corrected chi connectivity index (χ2v) is 6.42. The third-order valence-corrected chi connectivity index (χ3v) is 4.58. The zero-order valence-electron chi connectivity index (χ0n) is 10.1. The molecule has 2 nitrogen and oxygen atoms in total. The summed E-state index contributed by atoms with van der Waals surface area (Å²) in [6.45, 7) is 0. The van der Waals surface area contributed by atoms with Crippen molar-refractivity contribution < 1.29 is 4.74 Å². The van der Waals surface area contributed by atoms with Gasteiger partial charge in [0.1, 0.15) is 11.9 Å². The van der Waals surface area contributed by atoms with Crippen LogP contribution in [0.25, 0.3) is 0 Å². The molecule has 2 atom stereocenters. The van der Waals surface area contributed by atoms with E-state index in [4.69, 9.17) is 10.5 Å². The average Bonchev–Trinajstić information content (AvgIpc) is 2.40. The number of nitrogens with two attached hydrogens (primary N) is 1. The second kappa shape index (κ2) is 5.27. The first-order valence-corrected chi connectivity index (χ1v) is 7.70. The summed E-state index contributed by atoms with van der Waals surface area (Å²) in [4.78, 5) is 0. The molecule has 0 radical (unpaired) electrons. The van der Waals surface area contributed by atoms with Gasteiger partial charge in [0.25, 0.3) is 0 Å². The Balaban J connectivity index is 1.97. The molecule has 3 rings (SSSR count). The zero-order chi connectivity index (χ0) is 13.4. The van der Waals surface area contributed by atoms with E-state index in [2.05, 4.69) is 37.9 Å². The molecule has 0 aliphatic carbocycles. The molecule has 1 aliphatic rings. The third-order valence-electron chi connectivity index (χ3n) is 3.36. The van der Waals surface area contributed by atoms with Gasteiger partial charge in [-0.3, -0.25) is 0 Å². The van der Waals surface area contributed by atoms with Crippen LogP contribution in [0.2, 0.25) is 0 Å². The fourth-order valence-corrected chi connectivity index (χ4v) is 3.32. The van der Waals surface area contributed by atoms with Crippen LogP contribution >= 0.6 is 31.9 Å². The van der Waals surface area contributed by atoms with Gasteiger partial charge in [-0.2, -0.15) is 0 Å². The number of rotatable bonds is 1. The molecule has 0 amide bonds. The zero-order valence-corrected chi connectivity index (χ0v) is 13.3. The molecule has 0 spiro atoms. The number of fused-ring (bicyclic) bond motifs is 1. The lowest BCUT2D eigenvalue weighted by Crippen LogP contribution is -2.24. The van der Waals surface area contributed by atoms with E-state index in [1.807, 2.05) is 36.4 Å². The average molecular weight is 383 g/mol. The molecule has 1 aliphatic heterocycles. The molecule has 4 heteroatoms. The summed E-state index contributed by atoms with van der Waals surface area (Å²) >= 11 is 7.05. The van der Waals surface area contributed by atoms with E-state index in [1.165, 1.54) is 0 Å². The normalized spacial score (nSPS) is 21.6. The Morgan fingerprint density at radius 1 is 1.05 bits per heavy atom. The Hall–Kier alpha value is -0.840. The van der Waals surface area contributed by atoms with Gasteiger partial charge < -0.3 is 10.5 Å². The van der Waals surface area contributed by atoms with Crippen LogP contribution in [-0.4, -0.2) is 0 Å². The maximum absolute atomic E-state index is 6.28. The minimum Gasteiger partial charge on any atom is -0.485 e. The van der Waals surface area contributed by atoms with Crippen LogP contribution in [0.5, 0.6) is 5.75 Å². The smallest absolute Gasteiger partial charge is 0.127 e. The van der Waals surface area contributed by atoms with Crippen molar-refractivity contribution >= 4 is 31.9 Å². The summed E-state index contributed by atoms with van der Waals surface area (Å²) in [5, 5.41) is 0. The minimum absolute atomic E-state index is 0.000694. The molecule has 2 aromatic carbocycles. The van der Waals surface area contributed by atoms with Crippen molar-refractivity contribution in [1.29, 1.82) is 0 Å². The molecule has 2 N–H and O–H groups in total. The summed E-state index contributed by atoms with van der Waals surface area (Å²) in [6, 6.07) is 14.1. The fourth-order valence-electron chi connectivity index (χ4n) is 2.40. The van der Waals surface area contributed by atoms with Crippen molar-refractivity contribution in [2.45, 2.75) is 18.6 Å². The largest absolute Gasteiger partial charge is 0.485 e. The Labute approximate surface area is 129 Å². The maximum atomic E-state index is 6.28. The number of benzene rings is 2. The van der Waals surface area contributed by atoms with Crippen molar-refractivity contribution in [3.05, 3.63) is 62.5 Å². The molecule has 1 unspecified atom stereocenters. The monoisotopic (exact) mass is 381 g/mol. The molecule has 1 heterocycles. The van der Waals surface area contributed by atoms with Gasteiger partial charge in [0, 0.05) is 32.5 Å². The first-order valence-electron chi connectivity index (χ1n) is 6.11. The van der Waals surface area contributed by atoms with E-state index >= 15 is 0 Å². The van der Waals surface area contributed by atoms with Crippen molar-refractivity contribution in [2.75, 3.05) is 0 Å². The summed E-state index contributed by atoms with van der Waals surface area (Å²) in [7, 11) is 0. The Bertz CT molecular complexity index is 615. The standard InChI is InChI=1S/C15H13Br2NO/c16-9-5-6-14-11(7-9)13(18)8-15(19-14)10-3-1-2-4-12(10)17/h1-7,13,15H,8,18H2/t13-,15?/m1/s1. The summed E-state index contributed by atoms with van der Waals surface area (Å²) in [6.07, 6.45) is 0.783. The molecule has 0 fully saturated rings. The Morgan fingerprint density at radius 3 is 2.63 bits per heavy atom. The van der Waals surface area contributed by atoms with Gasteiger partial charge in [0.05, 0.1) is 0 Å². The Kier molecular flexibility index (Phi) is 3.65. The van der Waals surface area contributed by atoms with Gasteiger partial charge in [-0.25, -0.2) is 0 Å². The molecule has 2 aromatic rings. The summed E-state index contributed by atoms with van der Waals surface area (Å²) in [5.74, 6) is 0.878. The highest BCUT2D eigenvalue weighted by atomic mass is 79.9. The number of hydrogen-bond donors (Lipinski definition) is 1. The molecular formula is C15H13Br2NO. The van der Waals surface area contributed by atoms with E-state index < -0.39 is 0 Å². The van der Waals surface area contributed by atoms with Crippen molar-refractivity contribution in [1.82, 2.24) is 0 Å². The lowest BCUT2D eigenvalue weighted by atomic mass is 9.94. The van der Waals surface area contributed by atoms with Crippen LogP contribution in [0, 0.1) is 0 Å². The van der Waals surface area contributed by atoms with Crippen LogP contribution in [-0.2, 0) is 0 Å². The van der Waals surface area contributed by atoms with Gasteiger partial charge in [-0.1, -0.05) is 50.1 Å². The molecule has 98 valence electrons. The highest BCUT2D eigenvalue weighted by Gasteiger charge is 2.28. The van der Waals surface area contributed by atoms with E-state index in [9.17, 15) is 0 Å². The van der Waals surface area contributed by atoms with E-state index in [1.54, 1.807) is 0 Å². The Morgan fingerprint density at radius 2 is 1.84 bits per heavy atom. The van der Waals surface area contributed by atoms with Crippen LogP contribution in [0.15, 0.2) is 51.4 Å². The number of halogens is 2. The quantitative estimate of drug-likeness (QED) is 0.773. The SMILES string of the molecule is N[C@@H]1CC(c2ccccc2Br)Oc2ccc(Br)cc21. The van der Waals surface area contributed by atoms with Crippen molar-refractivity contribution in [3.8, 4) is 5.75 Å². The minimum atomic E-state index is -0.00152. The maximum Gasteiger partial charge on any atom is 0.127 e. The van der Waals surface area contributed by atoms with Gasteiger partial charge in [-0.15, -0.1) is 0 Å². The van der Waals surface area contributed by atoms with Gasteiger partial charge in [0.15, 0.2) is 0 Å². The van der Waals surface area contributed by atoms with Crippen molar-refractivity contribution in [2.24, 2.45) is 5.73 Å². The highest BCUT2D eigenvalue weighted by Crippen LogP contribution is 2.42. The molecule has 0 saturated heterocycles. The molecule has 0 bridgehead atoms. The van der Waals surface area contributed by atoms with E-state index in [-0.39, 0.29) is 12.1 Å². The third kappa shape index (κ3) is 2.57. The number of ether oxygens (including phenoxy) is 1. The van der Waals surface area contributed by atoms with Crippen LogP contribution in [0.4, 0.5) is 0 Å².